The first-order valence-corrected chi connectivity index (χ1v) is 8.51. The van der Waals surface area contributed by atoms with Gasteiger partial charge in [0.25, 0.3) is 0 Å². The van der Waals surface area contributed by atoms with Crippen molar-refractivity contribution >= 4 is 0 Å². The van der Waals surface area contributed by atoms with Crippen molar-refractivity contribution in [2.75, 3.05) is 0 Å². The van der Waals surface area contributed by atoms with E-state index < -0.39 is 6.29 Å². The normalized spacial score (nSPS) is 15.3. The molecule has 0 unspecified atom stereocenters. The summed E-state index contributed by atoms with van der Waals surface area (Å²) < 4.78 is 31.5. The first-order chi connectivity index (χ1) is 13.2. The van der Waals surface area contributed by atoms with E-state index in [2.05, 4.69) is 6.07 Å². The molecule has 134 valence electrons. The van der Waals surface area contributed by atoms with Crippen LogP contribution in [0.5, 0.6) is 11.5 Å². The van der Waals surface area contributed by atoms with Gasteiger partial charge in [0.15, 0.2) is 0 Å². The number of ether oxygens (including phenoxy) is 3. The zero-order chi connectivity index (χ0) is 18.6. The molecule has 1 aliphatic rings. The van der Waals surface area contributed by atoms with Crippen LogP contribution in [0, 0.1) is 17.1 Å². The topological polar surface area (TPSA) is 51.5 Å². The lowest BCUT2D eigenvalue weighted by atomic mass is 10.1. The van der Waals surface area contributed by atoms with Gasteiger partial charge in [-0.1, -0.05) is 42.5 Å². The quantitative estimate of drug-likeness (QED) is 0.664. The van der Waals surface area contributed by atoms with Crippen molar-refractivity contribution < 1.29 is 18.6 Å². The van der Waals surface area contributed by atoms with E-state index in [0.717, 1.165) is 5.56 Å². The minimum absolute atomic E-state index is 0.0836. The minimum atomic E-state index is -0.561. The maximum absolute atomic E-state index is 14.0. The van der Waals surface area contributed by atoms with Crippen molar-refractivity contribution in [3.8, 4) is 17.6 Å². The van der Waals surface area contributed by atoms with Crippen molar-refractivity contribution in [1.29, 1.82) is 5.26 Å². The van der Waals surface area contributed by atoms with Crippen LogP contribution in [0.4, 0.5) is 4.39 Å². The number of para-hydroxylation sites is 1. The Bertz CT molecular complexity index is 998. The van der Waals surface area contributed by atoms with E-state index in [0.29, 0.717) is 28.2 Å². The maximum atomic E-state index is 14.0. The Morgan fingerprint density at radius 2 is 1.85 bits per heavy atom. The monoisotopic (exact) mass is 361 g/mol. The van der Waals surface area contributed by atoms with Crippen LogP contribution in [-0.2, 0) is 18.0 Å². The fourth-order valence-corrected chi connectivity index (χ4v) is 3.00. The summed E-state index contributed by atoms with van der Waals surface area (Å²) in [5.41, 5.74) is 2.51. The third kappa shape index (κ3) is 3.62. The highest BCUT2D eigenvalue weighted by atomic mass is 19.1. The molecule has 0 aromatic heterocycles. The number of benzene rings is 3. The molecule has 1 aliphatic heterocycles. The molecule has 0 radical (unpaired) electrons. The third-order valence-electron chi connectivity index (χ3n) is 4.29. The summed E-state index contributed by atoms with van der Waals surface area (Å²) in [6, 6.07) is 21.4. The summed E-state index contributed by atoms with van der Waals surface area (Å²) in [6.45, 7) is 0.328. The zero-order valence-electron chi connectivity index (χ0n) is 14.4. The molecule has 0 amide bonds. The number of nitrogens with zero attached hydrogens (tertiary/aromatic N) is 1. The van der Waals surface area contributed by atoms with Gasteiger partial charge in [-0.3, -0.25) is 0 Å². The summed E-state index contributed by atoms with van der Waals surface area (Å²) in [6.07, 6.45) is -0.561. The van der Waals surface area contributed by atoms with Crippen LogP contribution >= 0.6 is 0 Å². The Balaban J connectivity index is 1.61. The lowest BCUT2D eigenvalue weighted by molar-refractivity contribution is -0.112. The van der Waals surface area contributed by atoms with E-state index in [1.807, 2.05) is 30.3 Å². The van der Waals surface area contributed by atoms with Gasteiger partial charge in [0.1, 0.15) is 30.0 Å². The molecule has 0 bridgehead atoms. The Hall–Kier alpha value is -3.36. The second-order valence-electron chi connectivity index (χ2n) is 6.12. The molecule has 4 rings (SSSR count). The molecule has 5 heteroatoms. The van der Waals surface area contributed by atoms with Crippen LogP contribution in [-0.4, -0.2) is 0 Å². The van der Waals surface area contributed by atoms with Crippen molar-refractivity contribution in [3.63, 3.8) is 0 Å². The molecule has 1 atom stereocenters. The number of rotatable bonds is 4. The number of hydrogen-bond donors (Lipinski definition) is 0. The predicted octanol–water partition coefficient (Wildman–Crippen LogP) is 4.88. The smallest absolute Gasteiger partial charge is 0.227 e. The van der Waals surface area contributed by atoms with E-state index in [9.17, 15) is 9.65 Å². The Labute approximate surface area is 156 Å². The molecule has 0 aliphatic carbocycles. The molecule has 0 fully saturated rings. The largest absolute Gasteiger partial charge is 0.487 e. The molecule has 3 aromatic carbocycles. The van der Waals surface area contributed by atoms with E-state index in [4.69, 9.17) is 14.2 Å². The Morgan fingerprint density at radius 1 is 1.07 bits per heavy atom. The van der Waals surface area contributed by atoms with Crippen LogP contribution in [0.25, 0.3) is 0 Å². The van der Waals surface area contributed by atoms with Crippen LogP contribution in [0.1, 0.15) is 28.5 Å². The maximum Gasteiger partial charge on any atom is 0.227 e. The van der Waals surface area contributed by atoms with Gasteiger partial charge in [-0.15, -0.1) is 0 Å². The Morgan fingerprint density at radius 3 is 2.67 bits per heavy atom. The SMILES string of the molecule is N#Cc1ccccc1OCc1cc(F)cc2c1O[C@H](c1ccccc1)OC2. The molecule has 4 nitrogen and oxygen atoms in total. The van der Waals surface area contributed by atoms with Crippen molar-refractivity contribution in [1.82, 2.24) is 0 Å². The number of fused-ring (bicyclic) bond motifs is 1. The molecular weight excluding hydrogens is 345 g/mol. The van der Waals surface area contributed by atoms with Gasteiger partial charge in [-0.05, 0) is 24.3 Å². The lowest BCUT2D eigenvalue weighted by Gasteiger charge is -2.28. The summed E-state index contributed by atoms with van der Waals surface area (Å²) >= 11 is 0. The van der Waals surface area contributed by atoms with Crippen molar-refractivity contribution in [2.45, 2.75) is 19.5 Å². The fraction of sp³-hybridized carbons (Fsp3) is 0.136. The van der Waals surface area contributed by atoms with Gasteiger partial charge in [0.2, 0.25) is 6.29 Å². The number of hydrogen-bond acceptors (Lipinski definition) is 4. The number of halogens is 1. The summed E-state index contributed by atoms with van der Waals surface area (Å²) in [4.78, 5) is 0. The van der Waals surface area contributed by atoms with Gasteiger partial charge in [-0.25, -0.2) is 4.39 Å². The van der Waals surface area contributed by atoms with Crippen molar-refractivity contribution in [3.05, 3.63) is 94.8 Å². The first-order valence-electron chi connectivity index (χ1n) is 8.51. The third-order valence-corrected chi connectivity index (χ3v) is 4.29. The van der Waals surface area contributed by atoms with Gasteiger partial charge >= 0.3 is 0 Å². The summed E-state index contributed by atoms with van der Waals surface area (Å²) in [5, 5.41) is 9.18. The average molecular weight is 361 g/mol. The molecule has 3 aromatic rings. The van der Waals surface area contributed by atoms with Crippen LogP contribution in [0.2, 0.25) is 0 Å². The van der Waals surface area contributed by atoms with Gasteiger partial charge < -0.3 is 14.2 Å². The lowest BCUT2D eigenvalue weighted by Crippen LogP contribution is -2.19. The van der Waals surface area contributed by atoms with Gasteiger partial charge in [0, 0.05) is 16.7 Å². The summed E-state index contributed by atoms with van der Waals surface area (Å²) in [7, 11) is 0. The van der Waals surface area contributed by atoms with Crippen molar-refractivity contribution in [2.24, 2.45) is 0 Å². The van der Waals surface area contributed by atoms with Gasteiger partial charge in [0.05, 0.1) is 12.2 Å². The first kappa shape index (κ1) is 17.1. The zero-order valence-corrected chi connectivity index (χ0v) is 14.4. The number of nitriles is 1. The van der Waals surface area contributed by atoms with Crippen LogP contribution in [0.15, 0.2) is 66.7 Å². The standard InChI is InChI=1S/C22H16FNO3/c23-19-10-17(13-25-20-9-5-4-8-16(20)12-24)21-18(11-19)14-26-22(27-21)15-6-2-1-3-7-15/h1-11,22H,13-14H2/t22-/m1/s1. The molecule has 0 saturated heterocycles. The second kappa shape index (κ2) is 7.48. The molecule has 1 heterocycles. The highest BCUT2D eigenvalue weighted by Crippen LogP contribution is 2.37. The van der Waals surface area contributed by atoms with E-state index in [1.165, 1.54) is 12.1 Å². The van der Waals surface area contributed by atoms with E-state index in [1.54, 1.807) is 24.3 Å². The molecule has 0 saturated carbocycles. The Kier molecular flexibility index (Phi) is 4.73. The van der Waals surface area contributed by atoms with Gasteiger partial charge in [-0.2, -0.15) is 5.26 Å². The van der Waals surface area contributed by atoms with Crippen LogP contribution < -0.4 is 9.47 Å². The highest BCUT2D eigenvalue weighted by Gasteiger charge is 2.25. The van der Waals surface area contributed by atoms with Crippen LogP contribution in [0.3, 0.4) is 0 Å². The molecule has 0 spiro atoms. The molecule has 27 heavy (non-hydrogen) atoms. The van der Waals surface area contributed by atoms with E-state index >= 15 is 0 Å². The summed E-state index contributed by atoms with van der Waals surface area (Å²) in [5.74, 6) is 0.627. The second-order valence-corrected chi connectivity index (χ2v) is 6.12. The molecule has 0 N–H and O–H groups in total. The average Bonchev–Trinajstić information content (AvgIpc) is 2.72. The fourth-order valence-electron chi connectivity index (χ4n) is 3.00. The van der Waals surface area contributed by atoms with E-state index in [-0.39, 0.29) is 19.0 Å². The molecular formula is C22H16FNO3. The highest BCUT2D eigenvalue weighted by molar-refractivity contribution is 5.45. The minimum Gasteiger partial charge on any atom is -0.487 e. The predicted molar refractivity (Wildman–Crippen MR) is 96.5 cm³/mol.